The van der Waals surface area contributed by atoms with E-state index in [0.29, 0.717) is 11.7 Å². The van der Waals surface area contributed by atoms with Crippen molar-refractivity contribution in [1.82, 2.24) is 15.5 Å². The third-order valence-corrected chi connectivity index (χ3v) is 2.83. The predicted octanol–water partition coefficient (Wildman–Crippen LogP) is 0.929. The maximum atomic E-state index is 5.18. The second-order valence-corrected chi connectivity index (χ2v) is 3.99. The van der Waals surface area contributed by atoms with Gasteiger partial charge in [0, 0.05) is 13.5 Å². The Morgan fingerprint density at radius 1 is 1.67 bits per heavy atom. The van der Waals surface area contributed by atoms with Crippen LogP contribution in [0, 0.1) is 5.92 Å². The third kappa shape index (κ3) is 2.54. The van der Waals surface area contributed by atoms with Crippen LogP contribution in [0.2, 0.25) is 0 Å². The Morgan fingerprint density at radius 3 is 3.20 bits per heavy atom. The van der Waals surface area contributed by atoms with Crippen molar-refractivity contribution in [3.05, 3.63) is 11.7 Å². The van der Waals surface area contributed by atoms with Crippen molar-refractivity contribution in [1.29, 1.82) is 0 Å². The molecule has 1 aromatic rings. The Labute approximate surface area is 89.2 Å². The molecule has 2 rings (SSSR count). The Kier molecular flexibility index (Phi) is 3.33. The largest absolute Gasteiger partial charge is 0.374 e. The first kappa shape index (κ1) is 10.6. The van der Waals surface area contributed by atoms with Crippen molar-refractivity contribution in [3.63, 3.8) is 0 Å². The Bertz CT molecular complexity index is 307. The van der Waals surface area contributed by atoms with Crippen LogP contribution in [0.5, 0.6) is 0 Å². The lowest BCUT2D eigenvalue weighted by atomic mass is 10.1. The van der Waals surface area contributed by atoms with E-state index in [2.05, 4.69) is 15.5 Å². The summed E-state index contributed by atoms with van der Waals surface area (Å²) in [7, 11) is 1.64. The first-order valence-electron chi connectivity index (χ1n) is 5.35. The topological polar surface area (TPSA) is 60.2 Å². The van der Waals surface area contributed by atoms with Gasteiger partial charge in [0.2, 0.25) is 5.89 Å². The van der Waals surface area contributed by atoms with Gasteiger partial charge in [0.05, 0.1) is 0 Å². The van der Waals surface area contributed by atoms with Gasteiger partial charge in [0.15, 0.2) is 5.82 Å². The van der Waals surface area contributed by atoms with Gasteiger partial charge in [-0.25, -0.2) is 0 Å². The zero-order chi connectivity index (χ0) is 10.7. The van der Waals surface area contributed by atoms with Crippen LogP contribution in [0.4, 0.5) is 0 Å². The fraction of sp³-hybridized carbons (Fsp3) is 0.800. The van der Waals surface area contributed by atoms with E-state index in [0.717, 1.165) is 25.4 Å². The molecular weight excluding hydrogens is 194 g/mol. The van der Waals surface area contributed by atoms with Crippen LogP contribution in [-0.4, -0.2) is 30.3 Å². The maximum Gasteiger partial charge on any atom is 0.227 e. The number of ether oxygens (including phenoxy) is 1. The van der Waals surface area contributed by atoms with Crippen molar-refractivity contribution in [2.75, 3.05) is 20.2 Å². The van der Waals surface area contributed by atoms with E-state index < -0.39 is 0 Å². The SMILES string of the molecule is COC(C)c1noc(CC2CCNC2)n1. The van der Waals surface area contributed by atoms with Gasteiger partial charge in [-0.05, 0) is 32.4 Å². The molecule has 1 aliphatic heterocycles. The summed E-state index contributed by atoms with van der Waals surface area (Å²) in [6.45, 7) is 4.06. The standard InChI is InChI=1S/C10H17N3O2/c1-7(14-2)10-12-9(15-13-10)5-8-3-4-11-6-8/h7-8,11H,3-6H2,1-2H3. The first-order chi connectivity index (χ1) is 7.29. The highest BCUT2D eigenvalue weighted by atomic mass is 16.5. The van der Waals surface area contributed by atoms with Crippen LogP contribution in [0.3, 0.4) is 0 Å². The Hall–Kier alpha value is -0.940. The summed E-state index contributed by atoms with van der Waals surface area (Å²) in [5.41, 5.74) is 0. The number of methoxy groups -OCH3 is 1. The van der Waals surface area contributed by atoms with Gasteiger partial charge in [-0.3, -0.25) is 0 Å². The maximum absolute atomic E-state index is 5.18. The van der Waals surface area contributed by atoms with Gasteiger partial charge < -0.3 is 14.6 Å². The van der Waals surface area contributed by atoms with E-state index in [1.165, 1.54) is 6.42 Å². The van der Waals surface area contributed by atoms with Gasteiger partial charge >= 0.3 is 0 Å². The van der Waals surface area contributed by atoms with E-state index in [1.807, 2.05) is 6.92 Å². The highest BCUT2D eigenvalue weighted by Gasteiger charge is 2.19. The smallest absolute Gasteiger partial charge is 0.227 e. The van der Waals surface area contributed by atoms with Crippen molar-refractivity contribution >= 4 is 0 Å². The molecule has 0 bridgehead atoms. The third-order valence-electron chi connectivity index (χ3n) is 2.83. The van der Waals surface area contributed by atoms with Crippen LogP contribution in [0.1, 0.15) is 31.2 Å². The van der Waals surface area contributed by atoms with Crippen molar-refractivity contribution in [2.45, 2.75) is 25.9 Å². The van der Waals surface area contributed by atoms with Crippen molar-refractivity contribution in [3.8, 4) is 0 Å². The summed E-state index contributed by atoms with van der Waals surface area (Å²) in [6, 6.07) is 0. The quantitative estimate of drug-likeness (QED) is 0.802. The average molecular weight is 211 g/mol. The minimum atomic E-state index is -0.0933. The lowest BCUT2D eigenvalue weighted by molar-refractivity contribution is 0.109. The molecule has 5 nitrogen and oxygen atoms in total. The molecule has 2 atom stereocenters. The van der Waals surface area contributed by atoms with Gasteiger partial charge in [0.25, 0.3) is 0 Å². The summed E-state index contributed by atoms with van der Waals surface area (Å²) in [4.78, 5) is 4.31. The molecule has 2 unspecified atom stereocenters. The Morgan fingerprint density at radius 2 is 2.53 bits per heavy atom. The second kappa shape index (κ2) is 4.72. The fourth-order valence-corrected chi connectivity index (χ4v) is 1.76. The van der Waals surface area contributed by atoms with Crippen molar-refractivity contribution in [2.24, 2.45) is 5.92 Å². The first-order valence-corrected chi connectivity index (χ1v) is 5.35. The lowest BCUT2D eigenvalue weighted by Gasteiger charge is -2.03. The molecule has 5 heteroatoms. The molecule has 1 N–H and O–H groups in total. The average Bonchev–Trinajstić information content (AvgIpc) is 2.88. The van der Waals surface area contributed by atoms with Gasteiger partial charge in [-0.1, -0.05) is 5.16 Å². The van der Waals surface area contributed by atoms with E-state index in [-0.39, 0.29) is 6.10 Å². The van der Waals surface area contributed by atoms with Crippen LogP contribution in [-0.2, 0) is 11.2 Å². The highest BCUT2D eigenvalue weighted by Crippen LogP contribution is 2.16. The molecule has 0 radical (unpaired) electrons. The number of rotatable bonds is 4. The molecule has 1 aromatic heterocycles. The summed E-state index contributed by atoms with van der Waals surface area (Å²) < 4.78 is 10.3. The molecule has 0 amide bonds. The molecule has 1 aliphatic rings. The minimum Gasteiger partial charge on any atom is -0.374 e. The van der Waals surface area contributed by atoms with Gasteiger partial charge in [0.1, 0.15) is 6.10 Å². The van der Waals surface area contributed by atoms with E-state index in [4.69, 9.17) is 9.26 Å². The molecular formula is C10H17N3O2. The van der Waals surface area contributed by atoms with E-state index >= 15 is 0 Å². The zero-order valence-corrected chi connectivity index (χ0v) is 9.19. The Balaban J connectivity index is 1.94. The van der Waals surface area contributed by atoms with E-state index in [1.54, 1.807) is 7.11 Å². The normalized spacial score (nSPS) is 23.2. The molecule has 15 heavy (non-hydrogen) atoms. The second-order valence-electron chi connectivity index (χ2n) is 3.99. The predicted molar refractivity (Wildman–Crippen MR) is 54.4 cm³/mol. The molecule has 2 heterocycles. The number of nitrogens with one attached hydrogen (secondary N) is 1. The molecule has 0 saturated carbocycles. The number of aromatic nitrogens is 2. The molecule has 0 aromatic carbocycles. The van der Waals surface area contributed by atoms with Crippen LogP contribution in [0.25, 0.3) is 0 Å². The minimum absolute atomic E-state index is 0.0933. The number of nitrogens with zero attached hydrogens (tertiary/aromatic N) is 2. The molecule has 1 saturated heterocycles. The number of hydrogen-bond acceptors (Lipinski definition) is 5. The van der Waals surface area contributed by atoms with Gasteiger partial charge in [-0.15, -0.1) is 0 Å². The van der Waals surface area contributed by atoms with Crippen molar-refractivity contribution < 1.29 is 9.26 Å². The monoisotopic (exact) mass is 211 g/mol. The fourth-order valence-electron chi connectivity index (χ4n) is 1.76. The molecule has 1 fully saturated rings. The van der Waals surface area contributed by atoms with Crippen LogP contribution < -0.4 is 5.32 Å². The molecule has 0 aliphatic carbocycles. The lowest BCUT2D eigenvalue weighted by Crippen LogP contribution is -2.11. The summed E-state index contributed by atoms with van der Waals surface area (Å²) >= 11 is 0. The summed E-state index contributed by atoms with van der Waals surface area (Å²) in [5, 5.41) is 7.22. The summed E-state index contributed by atoms with van der Waals surface area (Å²) in [6.07, 6.45) is 1.97. The van der Waals surface area contributed by atoms with Gasteiger partial charge in [-0.2, -0.15) is 4.98 Å². The highest BCUT2D eigenvalue weighted by molar-refractivity contribution is 4.92. The van der Waals surface area contributed by atoms with Crippen LogP contribution >= 0.6 is 0 Å². The van der Waals surface area contributed by atoms with E-state index in [9.17, 15) is 0 Å². The summed E-state index contributed by atoms with van der Waals surface area (Å²) in [5.74, 6) is 2.00. The molecule has 0 spiro atoms. The zero-order valence-electron chi connectivity index (χ0n) is 9.19. The molecule has 84 valence electrons. The van der Waals surface area contributed by atoms with Crippen LogP contribution in [0.15, 0.2) is 4.52 Å². The number of hydrogen-bond donors (Lipinski definition) is 1.